The summed E-state index contributed by atoms with van der Waals surface area (Å²) in [4.78, 5) is 28.9. The maximum Gasteiger partial charge on any atom is 0.141 e. The van der Waals surface area contributed by atoms with Gasteiger partial charge in [-0.3, -0.25) is 9.97 Å². The van der Waals surface area contributed by atoms with Crippen LogP contribution in [0.25, 0.3) is 34.2 Å². The van der Waals surface area contributed by atoms with Gasteiger partial charge in [0.05, 0.1) is 56.9 Å². The molecule has 0 aliphatic rings. The minimum absolute atomic E-state index is 0.475. The Morgan fingerprint density at radius 3 is 0.864 bits per heavy atom. The van der Waals surface area contributed by atoms with Crippen LogP contribution in [0.4, 0.5) is 0 Å². The van der Waals surface area contributed by atoms with E-state index in [2.05, 4.69) is 9.97 Å². The van der Waals surface area contributed by atoms with E-state index in [1.807, 2.05) is 123 Å². The summed E-state index contributed by atoms with van der Waals surface area (Å²) in [6.07, 6.45) is -0.950. The summed E-state index contributed by atoms with van der Waals surface area (Å²) in [5.41, 5.74) is 9.41. The van der Waals surface area contributed by atoms with Gasteiger partial charge in [0.1, 0.15) is 12.2 Å². The lowest BCUT2D eigenvalue weighted by molar-refractivity contribution is 0.129. The number of hydrogen-bond donors (Lipinski definition) is 0. The van der Waals surface area contributed by atoms with Crippen molar-refractivity contribution >= 4 is 0 Å². The van der Waals surface area contributed by atoms with Crippen LogP contribution in [0.5, 0.6) is 0 Å². The third-order valence-electron chi connectivity index (χ3n) is 7.19. The molecule has 6 rings (SSSR count). The first-order valence-electron chi connectivity index (χ1n) is 14.3. The first-order chi connectivity index (χ1) is 21.5. The molecule has 44 heavy (non-hydrogen) atoms. The van der Waals surface area contributed by atoms with Gasteiger partial charge in [0.15, 0.2) is 0 Å². The molecule has 6 aromatic rings. The normalized spacial score (nSPS) is 12.5. The predicted octanol–water partition coefficient (Wildman–Crippen LogP) is 7.15. The molecule has 0 saturated carbocycles. The lowest BCUT2D eigenvalue weighted by Gasteiger charge is -2.17. The molecule has 2 atom stereocenters. The van der Waals surface area contributed by atoms with Crippen molar-refractivity contribution in [3.05, 3.63) is 143 Å². The van der Waals surface area contributed by atoms with Crippen LogP contribution in [0.1, 0.15) is 46.4 Å². The quantitative estimate of drug-likeness (QED) is 0.178. The van der Waals surface area contributed by atoms with Gasteiger partial charge in [-0.25, -0.2) is 19.9 Å². The first-order valence-corrected chi connectivity index (χ1v) is 14.3. The number of rotatable bonds is 9. The van der Waals surface area contributed by atoms with E-state index in [1.165, 1.54) is 0 Å². The average Bonchev–Trinajstić information content (AvgIpc) is 3.06. The van der Waals surface area contributed by atoms with Crippen molar-refractivity contribution < 1.29 is 9.47 Å². The van der Waals surface area contributed by atoms with E-state index in [0.29, 0.717) is 11.4 Å². The summed E-state index contributed by atoms with van der Waals surface area (Å²) in [7, 11) is 3.32. The smallest absolute Gasteiger partial charge is 0.141 e. The Bertz CT molecular complexity index is 1770. The van der Waals surface area contributed by atoms with Gasteiger partial charge >= 0.3 is 0 Å². The van der Waals surface area contributed by atoms with Gasteiger partial charge < -0.3 is 9.47 Å². The van der Waals surface area contributed by atoms with Gasteiger partial charge in [0, 0.05) is 25.6 Å². The van der Waals surface area contributed by atoms with Crippen molar-refractivity contribution in [1.29, 1.82) is 0 Å². The number of pyridine rings is 6. The molecule has 0 aromatic carbocycles. The number of aryl methyl sites for hydroxylation is 2. The van der Waals surface area contributed by atoms with Crippen molar-refractivity contribution in [3.8, 4) is 34.2 Å². The SMILES string of the molecule is COC(c1cccc(-c2cccc(C)n2)n1)c1cccc(-c2cccc(C(OC)c3cccc(-c4cccc(C)n4)n3)n2)n1. The zero-order valence-corrected chi connectivity index (χ0v) is 25.0. The van der Waals surface area contributed by atoms with Gasteiger partial charge in [-0.2, -0.15) is 0 Å². The van der Waals surface area contributed by atoms with E-state index in [1.54, 1.807) is 14.2 Å². The van der Waals surface area contributed by atoms with E-state index < -0.39 is 12.2 Å². The maximum atomic E-state index is 5.92. The number of nitrogens with zero attached hydrogens (tertiary/aromatic N) is 6. The Morgan fingerprint density at radius 1 is 0.364 bits per heavy atom. The third-order valence-corrected chi connectivity index (χ3v) is 7.19. The molecule has 0 fully saturated rings. The first kappa shape index (κ1) is 28.9. The van der Waals surface area contributed by atoms with Crippen molar-refractivity contribution in [2.24, 2.45) is 0 Å². The van der Waals surface area contributed by atoms with Crippen molar-refractivity contribution in [3.63, 3.8) is 0 Å². The van der Waals surface area contributed by atoms with Gasteiger partial charge in [-0.1, -0.05) is 36.4 Å². The van der Waals surface area contributed by atoms with Crippen LogP contribution in [0.3, 0.4) is 0 Å². The maximum absolute atomic E-state index is 5.92. The standard InChI is InChI=1S/C36H32N6O2/c1-23-11-5-13-25(37-23)27-15-7-19-31(39-27)35(43-3)33-21-9-17-29(41-33)30-18-10-22-34(42-30)36(44-4)32-20-8-16-28(40-32)26-14-6-12-24(2)38-26/h5-22,35-36H,1-4H3. The number of hydrogen-bond acceptors (Lipinski definition) is 8. The second-order valence-corrected chi connectivity index (χ2v) is 10.4. The highest BCUT2D eigenvalue weighted by molar-refractivity contribution is 5.57. The van der Waals surface area contributed by atoms with Crippen LogP contribution >= 0.6 is 0 Å². The summed E-state index contributed by atoms with van der Waals surface area (Å²) in [5, 5.41) is 0. The molecule has 8 nitrogen and oxygen atoms in total. The highest BCUT2D eigenvalue weighted by Crippen LogP contribution is 2.29. The van der Waals surface area contributed by atoms with Crippen LogP contribution < -0.4 is 0 Å². The highest BCUT2D eigenvalue weighted by Gasteiger charge is 2.21. The van der Waals surface area contributed by atoms with Gasteiger partial charge in [-0.15, -0.1) is 0 Å². The monoisotopic (exact) mass is 580 g/mol. The van der Waals surface area contributed by atoms with E-state index in [0.717, 1.165) is 56.9 Å². The highest BCUT2D eigenvalue weighted by atomic mass is 16.5. The predicted molar refractivity (Wildman–Crippen MR) is 170 cm³/mol. The molecule has 0 N–H and O–H groups in total. The molecule has 0 aliphatic heterocycles. The molecule has 6 aromatic heterocycles. The zero-order valence-electron chi connectivity index (χ0n) is 25.0. The molecule has 0 saturated heterocycles. The molecule has 0 radical (unpaired) electrons. The Labute approximate surface area is 256 Å². The fourth-order valence-electron chi connectivity index (χ4n) is 5.12. The summed E-state index contributed by atoms with van der Waals surface area (Å²) < 4.78 is 11.8. The molecular formula is C36H32N6O2. The lowest BCUT2D eigenvalue weighted by Crippen LogP contribution is -2.10. The largest absolute Gasteiger partial charge is 0.369 e. The molecule has 2 unspecified atom stereocenters. The number of aromatic nitrogens is 6. The van der Waals surface area contributed by atoms with Crippen LogP contribution in [-0.4, -0.2) is 44.1 Å². The molecule has 218 valence electrons. The van der Waals surface area contributed by atoms with Crippen LogP contribution in [0, 0.1) is 13.8 Å². The second-order valence-electron chi connectivity index (χ2n) is 10.4. The molecule has 8 heteroatoms. The van der Waals surface area contributed by atoms with Crippen molar-refractivity contribution in [2.75, 3.05) is 14.2 Å². The van der Waals surface area contributed by atoms with Crippen molar-refractivity contribution in [2.45, 2.75) is 26.1 Å². The average molecular weight is 581 g/mol. The summed E-state index contributed by atoms with van der Waals surface area (Å²) in [5.74, 6) is 0. The van der Waals surface area contributed by atoms with E-state index in [-0.39, 0.29) is 0 Å². The van der Waals surface area contributed by atoms with Crippen LogP contribution in [-0.2, 0) is 9.47 Å². The molecule has 0 aliphatic carbocycles. The number of methoxy groups -OCH3 is 2. The fourth-order valence-corrected chi connectivity index (χ4v) is 5.12. The van der Waals surface area contributed by atoms with Crippen LogP contribution in [0.2, 0.25) is 0 Å². The minimum atomic E-state index is -0.475. The molecule has 0 spiro atoms. The Hall–Kier alpha value is -5.18. The lowest BCUT2D eigenvalue weighted by atomic mass is 10.1. The summed E-state index contributed by atoms with van der Waals surface area (Å²) >= 11 is 0. The third kappa shape index (κ3) is 6.27. The Morgan fingerprint density at radius 2 is 0.614 bits per heavy atom. The van der Waals surface area contributed by atoms with Gasteiger partial charge in [0.25, 0.3) is 0 Å². The molecule has 6 heterocycles. The van der Waals surface area contributed by atoms with E-state index >= 15 is 0 Å². The molecule has 0 bridgehead atoms. The topological polar surface area (TPSA) is 95.8 Å². The fraction of sp³-hybridized carbons (Fsp3) is 0.167. The van der Waals surface area contributed by atoms with Crippen LogP contribution in [0.15, 0.2) is 109 Å². The van der Waals surface area contributed by atoms with Crippen molar-refractivity contribution in [1.82, 2.24) is 29.9 Å². The van der Waals surface area contributed by atoms with Gasteiger partial charge in [-0.05, 0) is 86.6 Å². The zero-order chi connectivity index (χ0) is 30.5. The van der Waals surface area contributed by atoms with Gasteiger partial charge in [0.2, 0.25) is 0 Å². The number of ether oxygens (including phenoxy) is 2. The Kier molecular flexibility index (Phi) is 8.54. The molecular weight excluding hydrogens is 548 g/mol. The van der Waals surface area contributed by atoms with E-state index in [9.17, 15) is 0 Å². The second kappa shape index (κ2) is 13.0. The summed E-state index contributed by atoms with van der Waals surface area (Å²) in [6.45, 7) is 3.93. The summed E-state index contributed by atoms with van der Waals surface area (Å²) in [6, 6.07) is 35.2. The minimum Gasteiger partial charge on any atom is -0.369 e. The Balaban J connectivity index is 1.30. The van der Waals surface area contributed by atoms with E-state index in [4.69, 9.17) is 29.4 Å². The molecule has 0 amide bonds.